The molecule has 11 heavy (non-hydrogen) atoms. The summed E-state index contributed by atoms with van der Waals surface area (Å²) in [7, 11) is 4.27. The minimum Gasteiger partial charge on any atom is -0.557 e. The third-order valence-corrected chi connectivity index (χ3v) is 1.17. The molecule has 1 rings (SSSR count). The van der Waals surface area contributed by atoms with Crippen LogP contribution in [0.25, 0.3) is 0 Å². The van der Waals surface area contributed by atoms with E-state index in [0.717, 1.165) is 5.59 Å². The van der Waals surface area contributed by atoms with Crippen molar-refractivity contribution < 1.29 is 4.65 Å². The van der Waals surface area contributed by atoms with Gasteiger partial charge in [0.05, 0.1) is 0 Å². The predicted molar refractivity (Wildman–Crippen MR) is 50.9 cm³/mol. The Bertz CT molecular complexity index is 256. The van der Waals surface area contributed by atoms with Crippen LogP contribution in [0.5, 0.6) is 5.88 Å². The Morgan fingerprint density at radius 2 is 2.36 bits per heavy atom. The number of hydrogen-bond acceptors (Lipinski definition) is 4. The summed E-state index contributed by atoms with van der Waals surface area (Å²) in [6.45, 7) is 0. The van der Waals surface area contributed by atoms with Crippen LogP contribution in [0.2, 0.25) is 0 Å². The molecule has 0 bridgehead atoms. The van der Waals surface area contributed by atoms with Gasteiger partial charge in [-0.15, -0.1) is 0 Å². The lowest BCUT2D eigenvalue weighted by molar-refractivity contribution is 0.582. The van der Waals surface area contributed by atoms with Crippen LogP contribution in [0, 0.1) is 0 Å². The zero-order valence-electron chi connectivity index (χ0n) is 6.66. The van der Waals surface area contributed by atoms with E-state index in [1.165, 1.54) is 0 Å². The molecule has 0 saturated carbocycles. The van der Waals surface area contributed by atoms with Crippen LogP contribution < -0.4 is 16.0 Å². The fourth-order valence-corrected chi connectivity index (χ4v) is 0.733. The highest BCUT2D eigenvalue weighted by Gasteiger charge is 2.00. The van der Waals surface area contributed by atoms with Crippen molar-refractivity contribution in [2.75, 3.05) is 5.73 Å². The normalized spacial score (nSPS) is 9.09. The molecule has 54 valence electrons. The third-order valence-electron chi connectivity index (χ3n) is 1.17. The Morgan fingerprint density at radius 1 is 1.64 bits per heavy atom. The maximum Gasteiger partial charge on any atom is 0.292 e. The van der Waals surface area contributed by atoms with Crippen LogP contribution in [0.3, 0.4) is 0 Å². The van der Waals surface area contributed by atoms with Gasteiger partial charge >= 0.3 is 0 Å². The van der Waals surface area contributed by atoms with Crippen molar-refractivity contribution in [2.45, 2.75) is 0 Å². The number of anilines is 1. The average Bonchev–Trinajstić information content (AvgIpc) is 1.95. The van der Waals surface area contributed by atoms with Gasteiger partial charge in [-0.05, 0) is 0 Å². The fourth-order valence-electron chi connectivity index (χ4n) is 0.733. The Morgan fingerprint density at radius 3 is 2.91 bits per heavy atom. The minimum absolute atomic E-state index is 0.354. The van der Waals surface area contributed by atoms with Gasteiger partial charge in [-0.1, -0.05) is 0 Å². The Labute approximate surface area is 67.6 Å². The monoisotopic (exact) mass is 147 g/mol. The molecule has 1 aromatic rings. The van der Waals surface area contributed by atoms with Gasteiger partial charge in [0.15, 0.2) is 13.7 Å². The standard InChI is InChI=1S/C4H8B3N3O/c5-2-1-9-4(11-7-6)3(8)10-2/h1,7H,5-6H2,(H2,8,10). The van der Waals surface area contributed by atoms with E-state index in [-0.39, 0.29) is 0 Å². The average molecular weight is 147 g/mol. The lowest BCUT2D eigenvalue weighted by atomic mass is 9.72. The molecule has 0 aliphatic rings. The van der Waals surface area contributed by atoms with Crippen LogP contribution in [0.15, 0.2) is 6.20 Å². The second-order valence-corrected chi connectivity index (χ2v) is 2.13. The van der Waals surface area contributed by atoms with Gasteiger partial charge in [-0.25, -0.2) is 9.97 Å². The fraction of sp³-hybridized carbons (Fsp3) is 0. The maximum absolute atomic E-state index is 5.51. The number of aromatic nitrogens is 2. The molecule has 0 spiro atoms. The Kier molecular flexibility index (Phi) is 2.41. The smallest absolute Gasteiger partial charge is 0.292 e. The van der Waals surface area contributed by atoms with Crippen molar-refractivity contribution in [3.05, 3.63) is 6.20 Å². The van der Waals surface area contributed by atoms with Gasteiger partial charge in [0.1, 0.15) is 7.74 Å². The zero-order valence-corrected chi connectivity index (χ0v) is 6.66. The highest BCUT2D eigenvalue weighted by atomic mass is 16.4. The van der Waals surface area contributed by atoms with Crippen LogP contribution >= 0.6 is 0 Å². The van der Waals surface area contributed by atoms with E-state index >= 15 is 0 Å². The van der Waals surface area contributed by atoms with Gasteiger partial charge in [-0.2, -0.15) is 0 Å². The summed E-state index contributed by atoms with van der Waals surface area (Å²) in [6.07, 6.45) is 1.63. The highest BCUT2D eigenvalue weighted by Crippen LogP contribution is 2.09. The summed E-state index contributed by atoms with van der Waals surface area (Å²) < 4.78 is 5.09. The number of nitrogens with two attached hydrogens (primary N) is 1. The molecule has 1 aromatic heterocycles. The third kappa shape index (κ3) is 1.90. The van der Waals surface area contributed by atoms with Crippen molar-refractivity contribution in [3.63, 3.8) is 0 Å². The topological polar surface area (TPSA) is 61.0 Å². The van der Waals surface area contributed by atoms with E-state index in [9.17, 15) is 0 Å². The summed E-state index contributed by atoms with van der Waals surface area (Å²) in [4.78, 5) is 7.94. The van der Waals surface area contributed by atoms with Gasteiger partial charge in [0.25, 0.3) is 7.37 Å². The molecular formula is C4H8B3N3O. The summed E-state index contributed by atoms with van der Waals surface area (Å²) in [5.41, 5.74) is 6.31. The van der Waals surface area contributed by atoms with E-state index in [1.807, 2.05) is 15.6 Å². The van der Waals surface area contributed by atoms with E-state index in [1.54, 1.807) is 6.20 Å². The van der Waals surface area contributed by atoms with E-state index in [0.29, 0.717) is 19.1 Å². The SMILES string of the molecule is BBOc1ncc(B)nc1N. The van der Waals surface area contributed by atoms with E-state index in [4.69, 9.17) is 10.4 Å². The molecule has 0 aliphatic carbocycles. The molecule has 0 aromatic carbocycles. The molecule has 0 unspecified atom stereocenters. The van der Waals surface area contributed by atoms with Gasteiger partial charge in [-0.3, -0.25) is 0 Å². The lowest BCUT2D eigenvalue weighted by Gasteiger charge is -2.04. The first kappa shape index (κ1) is 7.98. The van der Waals surface area contributed by atoms with Gasteiger partial charge < -0.3 is 10.4 Å². The molecular weight excluding hydrogens is 138 g/mol. The van der Waals surface area contributed by atoms with E-state index < -0.39 is 0 Å². The molecule has 0 amide bonds. The van der Waals surface area contributed by atoms with Crippen molar-refractivity contribution >= 4 is 34.4 Å². The van der Waals surface area contributed by atoms with Crippen molar-refractivity contribution in [2.24, 2.45) is 0 Å². The molecule has 0 aliphatic heterocycles. The molecule has 7 heteroatoms. The summed E-state index contributed by atoms with van der Waals surface area (Å²) >= 11 is 0. The van der Waals surface area contributed by atoms with Gasteiger partial charge in [0, 0.05) is 11.8 Å². The molecule has 0 atom stereocenters. The van der Waals surface area contributed by atoms with Crippen molar-refractivity contribution in [3.8, 4) is 5.88 Å². The number of hydrogen-bond donors (Lipinski definition) is 1. The highest BCUT2D eigenvalue weighted by molar-refractivity contribution is 6.85. The number of nitrogens with zero attached hydrogens (tertiary/aromatic N) is 2. The summed E-state index contributed by atoms with van der Waals surface area (Å²) in [5, 5.41) is 0. The second-order valence-electron chi connectivity index (χ2n) is 2.13. The van der Waals surface area contributed by atoms with Crippen LogP contribution in [-0.4, -0.2) is 32.9 Å². The molecule has 0 fully saturated rings. The van der Waals surface area contributed by atoms with Crippen LogP contribution in [0.1, 0.15) is 0 Å². The minimum atomic E-state index is 0.354. The molecule has 4 nitrogen and oxygen atoms in total. The summed E-state index contributed by atoms with van der Waals surface area (Å²) in [6, 6.07) is 0. The molecule has 0 saturated heterocycles. The Hall–Kier alpha value is -1.13. The number of rotatable bonds is 2. The Balaban J connectivity index is 2.90. The van der Waals surface area contributed by atoms with Crippen LogP contribution in [0.4, 0.5) is 5.82 Å². The first-order chi connectivity index (χ1) is 5.24. The summed E-state index contributed by atoms with van der Waals surface area (Å²) in [5.74, 6) is 0.768. The quantitative estimate of drug-likeness (QED) is 0.442. The molecule has 0 radical (unpaired) electrons. The second kappa shape index (κ2) is 3.32. The van der Waals surface area contributed by atoms with Crippen LogP contribution in [-0.2, 0) is 0 Å². The lowest BCUT2D eigenvalue weighted by Crippen LogP contribution is -2.14. The number of nitrogen functional groups attached to an aromatic ring is 1. The first-order valence-corrected chi connectivity index (χ1v) is 3.46. The zero-order chi connectivity index (χ0) is 8.27. The maximum atomic E-state index is 5.51. The van der Waals surface area contributed by atoms with Gasteiger partial charge in [0.2, 0.25) is 5.88 Å². The molecule has 2 N–H and O–H groups in total. The molecule has 1 heterocycles. The van der Waals surface area contributed by atoms with Crippen molar-refractivity contribution in [1.82, 2.24) is 9.97 Å². The predicted octanol–water partition coefficient (Wildman–Crippen LogP) is -3.40. The first-order valence-electron chi connectivity index (χ1n) is 3.46. The van der Waals surface area contributed by atoms with E-state index in [2.05, 4.69) is 9.97 Å². The van der Waals surface area contributed by atoms with Crippen molar-refractivity contribution in [1.29, 1.82) is 0 Å². The largest absolute Gasteiger partial charge is 0.557 e.